The fraction of sp³-hybridized carbons (Fsp3) is 0.800. The zero-order valence-corrected chi connectivity index (χ0v) is 8.63. The molecule has 0 unspecified atom stereocenters. The van der Waals surface area contributed by atoms with E-state index >= 15 is 0 Å². The summed E-state index contributed by atoms with van der Waals surface area (Å²) in [4.78, 5) is 21.5. The van der Waals surface area contributed by atoms with Gasteiger partial charge in [-0.3, -0.25) is 4.79 Å². The van der Waals surface area contributed by atoms with E-state index in [1.807, 2.05) is 0 Å². The summed E-state index contributed by atoms with van der Waals surface area (Å²) < 4.78 is 4.94. The molecule has 0 heterocycles. The smallest absolute Gasteiger partial charge is 0.308 e. The van der Waals surface area contributed by atoms with Gasteiger partial charge in [-0.1, -0.05) is 13.8 Å². The molecule has 0 aliphatic heterocycles. The van der Waals surface area contributed by atoms with Gasteiger partial charge in [0, 0.05) is 6.42 Å². The van der Waals surface area contributed by atoms with Crippen molar-refractivity contribution in [1.29, 1.82) is 0 Å². The van der Waals surface area contributed by atoms with E-state index in [1.54, 1.807) is 20.8 Å². The second kappa shape index (κ2) is 6.63. The Balaban J connectivity index is 3.26. The molecule has 0 aromatic heterocycles. The van der Waals surface area contributed by atoms with Crippen molar-refractivity contribution in [3.8, 4) is 0 Å². The van der Waals surface area contributed by atoms with Gasteiger partial charge in [-0.2, -0.15) is 0 Å². The van der Waals surface area contributed by atoms with Gasteiger partial charge in [0.1, 0.15) is 5.78 Å². The van der Waals surface area contributed by atoms with Crippen LogP contribution in [0.3, 0.4) is 0 Å². The van der Waals surface area contributed by atoms with Gasteiger partial charge in [0.25, 0.3) is 0 Å². The molecule has 3 heteroatoms. The lowest BCUT2D eigenvalue weighted by atomic mass is 10.2. The summed E-state index contributed by atoms with van der Waals surface area (Å²) in [5, 5.41) is 0. The lowest BCUT2D eigenvalue weighted by Crippen LogP contribution is -2.12. The van der Waals surface area contributed by atoms with Crippen molar-refractivity contribution < 1.29 is 14.3 Å². The van der Waals surface area contributed by atoms with Gasteiger partial charge in [0.2, 0.25) is 0 Å². The van der Waals surface area contributed by atoms with Crippen LogP contribution in [0.4, 0.5) is 0 Å². The van der Waals surface area contributed by atoms with Crippen LogP contribution in [0.25, 0.3) is 0 Å². The maximum absolute atomic E-state index is 11.0. The average molecular weight is 186 g/mol. The molecule has 0 aliphatic rings. The van der Waals surface area contributed by atoms with Gasteiger partial charge >= 0.3 is 5.97 Å². The SMILES string of the molecule is CC(=O)CCCCOC(=O)C(C)C. The Bertz CT molecular complexity index is 173. The monoisotopic (exact) mass is 186 g/mol. The number of esters is 1. The first-order chi connectivity index (χ1) is 6.04. The van der Waals surface area contributed by atoms with E-state index in [9.17, 15) is 9.59 Å². The second-order valence-corrected chi connectivity index (χ2v) is 3.48. The molecular formula is C10H18O3. The van der Waals surface area contributed by atoms with Crippen LogP contribution in [0.2, 0.25) is 0 Å². The average Bonchev–Trinajstić information content (AvgIpc) is 2.02. The van der Waals surface area contributed by atoms with Crippen LogP contribution >= 0.6 is 0 Å². The van der Waals surface area contributed by atoms with Crippen molar-refractivity contribution in [2.45, 2.75) is 40.0 Å². The molecule has 0 N–H and O–H groups in total. The highest BCUT2D eigenvalue weighted by Crippen LogP contribution is 2.00. The lowest BCUT2D eigenvalue weighted by molar-refractivity contribution is -0.147. The number of ketones is 1. The van der Waals surface area contributed by atoms with Crippen molar-refractivity contribution in [1.82, 2.24) is 0 Å². The van der Waals surface area contributed by atoms with Crippen LogP contribution in [0.5, 0.6) is 0 Å². The number of unbranched alkanes of at least 4 members (excludes halogenated alkanes) is 1. The largest absolute Gasteiger partial charge is 0.465 e. The number of ether oxygens (including phenoxy) is 1. The van der Waals surface area contributed by atoms with Crippen LogP contribution in [-0.4, -0.2) is 18.4 Å². The Morgan fingerprint density at radius 3 is 2.31 bits per heavy atom. The number of Topliss-reactive ketones (excluding diaryl/α,β-unsaturated/α-hetero) is 1. The number of rotatable bonds is 6. The summed E-state index contributed by atoms with van der Waals surface area (Å²) in [5.41, 5.74) is 0. The standard InChI is InChI=1S/C10H18O3/c1-8(2)10(12)13-7-5-4-6-9(3)11/h8H,4-7H2,1-3H3. The summed E-state index contributed by atoms with van der Waals surface area (Å²) in [6.45, 7) is 5.61. The Morgan fingerprint density at radius 2 is 1.85 bits per heavy atom. The Morgan fingerprint density at radius 1 is 1.23 bits per heavy atom. The zero-order valence-electron chi connectivity index (χ0n) is 8.63. The molecule has 0 spiro atoms. The molecule has 0 atom stereocenters. The molecule has 3 nitrogen and oxygen atoms in total. The predicted molar refractivity (Wildman–Crippen MR) is 50.3 cm³/mol. The van der Waals surface area contributed by atoms with Crippen LogP contribution in [0.1, 0.15) is 40.0 Å². The summed E-state index contributed by atoms with van der Waals surface area (Å²) in [7, 11) is 0. The fourth-order valence-corrected chi connectivity index (χ4v) is 0.815. The van der Waals surface area contributed by atoms with Crippen LogP contribution < -0.4 is 0 Å². The molecule has 13 heavy (non-hydrogen) atoms. The third kappa shape index (κ3) is 7.50. The van der Waals surface area contributed by atoms with Crippen molar-refractivity contribution >= 4 is 11.8 Å². The molecule has 0 amide bonds. The van der Waals surface area contributed by atoms with Crippen LogP contribution in [-0.2, 0) is 14.3 Å². The molecule has 0 saturated carbocycles. The van der Waals surface area contributed by atoms with E-state index in [1.165, 1.54) is 0 Å². The van der Waals surface area contributed by atoms with E-state index in [-0.39, 0.29) is 17.7 Å². The molecule has 0 aliphatic carbocycles. The Hall–Kier alpha value is -0.860. The summed E-state index contributed by atoms with van der Waals surface area (Å²) >= 11 is 0. The minimum atomic E-state index is -0.164. The fourth-order valence-electron chi connectivity index (χ4n) is 0.815. The molecule has 76 valence electrons. The summed E-state index contributed by atoms with van der Waals surface area (Å²) in [5.74, 6) is -0.0363. The van der Waals surface area contributed by atoms with Gasteiger partial charge in [-0.15, -0.1) is 0 Å². The molecule has 0 saturated heterocycles. The van der Waals surface area contributed by atoms with Gasteiger partial charge in [0.15, 0.2) is 0 Å². The minimum absolute atomic E-state index is 0.0622. The van der Waals surface area contributed by atoms with Crippen LogP contribution in [0, 0.1) is 5.92 Å². The number of carbonyl (C=O) groups excluding carboxylic acids is 2. The van der Waals surface area contributed by atoms with Gasteiger partial charge in [-0.05, 0) is 19.8 Å². The third-order valence-electron chi connectivity index (χ3n) is 1.64. The van der Waals surface area contributed by atoms with Crippen molar-refractivity contribution in [3.05, 3.63) is 0 Å². The van der Waals surface area contributed by atoms with E-state index in [2.05, 4.69) is 0 Å². The lowest BCUT2D eigenvalue weighted by Gasteiger charge is -2.05. The number of hydrogen-bond donors (Lipinski definition) is 0. The molecular weight excluding hydrogens is 168 g/mol. The number of carbonyl (C=O) groups is 2. The van der Waals surface area contributed by atoms with Crippen molar-refractivity contribution in [3.63, 3.8) is 0 Å². The topological polar surface area (TPSA) is 43.4 Å². The van der Waals surface area contributed by atoms with Gasteiger partial charge < -0.3 is 9.53 Å². The van der Waals surface area contributed by atoms with E-state index in [4.69, 9.17) is 4.74 Å². The normalized spacial score (nSPS) is 10.2. The summed E-state index contributed by atoms with van der Waals surface area (Å²) in [6, 6.07) is 0. The predicted octanol–water partition coefficient (Wildman–Crippen LogP) is 1.94. The quantitative estimate of drug-likeness (QED) is 0.470. The Labute approximate surface area is 79.5 Å². The third-order valence-corrected chi connectivity index (χ3v) is 1.64. The van der Waals surface area contributed by atoms with Gasteiger partial charge in [-0.25, -0.2) is 0 Å². The number of hydrogen-bond acceptors (Lipinski definition) is 3. The van der Waals surface area contributed by atoms with E-state index in [0.29, 0.717) is 13.0 Å². The van der Waals surface area contributed by atoms with Crippen molar-refractivity contribution in [2.24, 2.45) is 5.92 Å². The highest BCUT2D eigenvalue weighted by Gasteiger charge is 2.06. The first kappa shape index (κ1) is 12.1. The first-order valence-electron chi connectivity index (χ1n) is 4.70. The summed E-state index contributed by atoms with van der Waals surface area (Å²) in [6.07, 6.45) is 2.16. The maximum atomic E-state index is 11.0. The Kier molecular flexibility index (Phi) is 6.20. The van der Waals surface area contributed by atoms with E-state index < -0.39 is 0 Å². The molecule has 0 fully saturated rings. The van der Waals surface area contributed by atoms with Crippen molar-refractivity contribution in [2.75, 3.05) is 6.61 Å². The van der Waals surface area contributed by atoms with Crippen LogP contribution in [0.15, 0.2) is 0 Å². The van der Waals surface area contributed by atoms with Gasteiger partial charge in [0.05, 0.1) is 12.5 Å². The second-order valence-electron chi connectivity index (χ2n) is 3.48. The molecule has 0 aromatic rings. The highest BCUT2D eigenvalue weighted by molar-refractivity contribution is 5.75. The highest BCUT2D eigenvalue weighted by atomic mass is 16.5. The molecule has 0 aromatic carbocycles. The zero-order chi connectivity index (χ0) is 10.3. The maximum Gasteiger partial charge on any atom is 0.308 e. The minimum Gasteiger partial charge on any atom is -0.465 e. The van der Waals surface area contributed by atoms with E-state index in [0.717, 1.165) is 12.8 Å². The molecule has 0 rings (SSSR count). The molecule has 0 bridgehead atoms. The molecule has 0 radical (unpaired) electrons. The first-order valence-corrected chi connectivity index (χ1v) is 4.70.